The van der Waals surface area contributed by atoms with Gasteiger partial charge in [0, 0.05) is 30.2 Å². The number of likely N-dealkylation sites (tertiary alicyclic amines) is 1. The number of nitrogens with zero attached hydrogens (tertiary/aromatic N) is 2. The van der Waals surface area contributed by atoms with E-state index < -0.39 is 29.9 Å². The lowest BCUT2D eigenvalue weighted by Gasteiger charge is -2.31. The lowest BCUT2D eigenvalue weighted by atomic mass is 10.1. The number of benzene rings is 3. The highest BCUT2D eigenvalue weighted by atomic mass is 35.5. The Kier molecular flexibility index (Phi) is 7.77. The van der Waals surface area contributed by atoms with Crippen LogP contribution >= 0.6 is 11.6 Å². The van der Waals surface area contributed by atoms with Crippen molar-refractivity contribution < 1.29 is 23.4 Å². The Morgan fingerprint density at radius 1 is 0.971 bits per heavy atom. The van der Waals surface area contributed by atoms with Gasteiger partial charge in [-0.25, -0.2) is 13.6 Å². The van der Waals surface area contributed by atoms with Crippen molar-refractivity contribution in [2.45, 2.75) is 31.8 Å². The molecule has 0 radical (unpaired) electrons. The standard InChI is InChI=1S/C26H25ClF2N2O3/c27-20-9-4-8-19(12-20)13-30(14-21-22(28)10-5-11-23(21)29)24-15-31(16-25(24)32)26(33)34-17-18-6-2-1-3-7-18/h1-12,24-25,32H,13-17H2/t24-,25-/m1/s1. The molecule has 178 valence electrons. The minimum atomic E-state index is -0.918. The number of halogens is 3. The normalized spacial score (nSPS) is 17.9. The molecule has 1 heterocycles. The second-order valence-electron chi connectivity index (χ2n) is 8.31. The number of carbonyl (C=O) groups excluding carboxylic acids is 1. The SMILES string of the molecule is O=C(OCc1ccccc1)N1C[C@@H](O)[C@H](N(Cc2cccc(Cl)c2)Cc2c(F)cccc2F)C1. The molecule has 0 aliphatic carbocycles. The maximum Gasteiger partial charge on any atom is 0.410 e. The first-order valence-electron chi connectivity index (χ1n) is 11.0. The van der Waals surface area contributed by atoms with Crippen molar-refractivity contribution in [1.82, 2.24) is 9.80 Å². The van der Waals surface area contributed by atoms with Gasteiger partial charge in [-0.1, -0.05) is 60.1 Å². The van der Waals surface area contributed by atoms with Gasteiger partial charge in [0.15, 0.2) is 0 Å². The summed E-state index contributed by atoms with van der Waals surface area (Å²) in [6, 6.07) is 19.6. The molecule has 5 nitrogen and oxygen atoms in total. The molecular formula is C26H25ClF2N2O3. The highest BCUT2D eigenvalue weighted by molar-refractivity contribution is 6.30. The zero-order chi connectivity index (χ0) is 24.1. The molecular weight excluding hydrogens is 462 g/mol. The molecule has 3 aromatic rings. The number of amides is 1. The number of ether oxygens (including phenoxy) is 1. The second kappa shape index (κ2) is 11.0. The number of carbonyl (C=O) groups is 1. The molecule has 1 aliphatic rings. The van der Waals surface area contributed by atoms with Crippen LogP contribution in [0.25, 0.3) is 0 Å². The van der Waals surface area contributed by atoms with Gasteiger partial charge >= 0.3 is 6.09 Å². The van der Waals surface area contributed by atoms with E-state index >= 15 is 0 Å². The molecule has 0 saturated carbocycles. The fourth-order valence-electron chi connectivity index (χ4n) is 4.13. The van der Waals surface area contributed by atoms with Crippen molar-refractivity contribution in [1.29, 1.82) is 0 Å². The number of rotatable bonds is 7. The Bertz CT molecular complexity index is 1110. The molecule has 1 amide bonds. The topological polar surface area (TPSA) is 53.0 Å². The van der Waals surface area contributed by atoms with Crippen LogP contribution in [-0.2, 0) is 24.4 Å². The number of β-amino-alcohol motifs (C(OH)–C–C–N with tert-alkyl or cyclic N) is 1. The summed E-state index contributed by atoms with van der Waals surface area (Å²) in [6.07, 6.45) is -1.47. The van der Waals surface area contributed by atoms with Gasteiger partial charge < -0.3 is 14.7 Å². The zero-order valence-corrected chi connectivity index (χ0v) is 19.2. The summed E-state index contributed by atoms with van der Waals surface area (Å²) in [5, 5.41) is 11.3. The highest BCUT2D eigenvalue weighted by Gasteiger charge is 2.39. The first kappa shape index (κ1) is 24.1. The van der Waals surface area contributed by atoms with E-state index in [-0.39, 0.29) is 38.3 Å². The monoisotopic (exact) mass is 486 g/mol. The van der Waals surface area contributed by atoms with Crippen molar-refractivity contribution in [3.05, 3.63) is 106 Å². The molecule has 0 unspecified atom stereocenters. The molecule has 1 saturated heterocycles. The summed E-state index contributed by atoms with van der Waals surface area (Å²) in [5.41, 5.74) is 1.58. The first-order chi connectivity index (χ1) is 16.4. The molecule has 1 fully saturated rings. The smallest absolute Gasteiger partial charge is 0.410 e. The number of hydrogen-bond acceptors (Lipinski definition) is 4. The van der Waals surface area contributed by atoms with Gasteiger partial charge in [-0.15, -0.1) is 0 Å². The van der Waals surface area contributed by atoms with Crippen LogP contribution in [0.2, 0.25) is 5.02 Å². The van der Waals surface area contributed by atoms with E-state index in [1.54, 1.807) is 23.1 Å². The van der Waals surface area contributed by atoms with Crippen molar-refractivity contribution in [3.8, 4) is 0 Å². The predicted octanol–water partition coefficient (Wildman–Crippen LogP) is 5.00. The quantitative estimate of drug-likeness (QED) is 0.510. The lowest BCUT2D eigenvalue weighted by Crippen LogP contribution is -2.43. The second-order valence-corrected chi connectivity index (χ2v) is 8.75. The molecule has 34 heavy (non-hydrogen) atoms. The van der Waals surface area contributed by atoms with Crippen LogP contribution in [0.4, 0.5) is 13.6 Å². The summed E-state index contributed by atoms with van der Waals surface area (Å²) >= 11 is 6.12. The van der Waals surface area contributed by atoms with Gasteiger partial charge in [0.1, 0.15) is 18.2 Å². The van der Waals surface area contributed by atoms with Crippen molar-refractivity contribution in [2.75, 3.05) is 13.1 Å². The number of aliphatic hydroxyl groups excluding tert-OH is 1. The van der Waals surface area contributed by atoms with Crippen LogP contribution in [0.15, 0.2) is 72.8 Å². The zero-order valence-electron chi connectivity index (χ0n) is 18.4. The van der Waals surface area contributed by atoms with E-state index in [9.17, 15) is 18.7 Å². The van der Waals surface area contributed by atoms with E-state index in [1.807, 2.05) is 36.4 Å². The maximum atomic E-state index is 14.4. The molecule has 1 N–H and O–H groups in total. The van der Waals surface area contributed by atoms with Crippen molar-refractivity contribution >= 4 is 17.7 Å². The van der Waals surface area contributed by atoms with Crippen LogP contribution in [0.5, 0.6) is 0 Å². The Labute approximate surface area is 202 Å². The summed E-state index contributed by atoms with van der Waals surface area (Å²) in [7, 11) is 0. The molecule has 0 bridgehead atoms. The molecule has 4 rings (SSSR count). The third-order valence-corrected chi connectivity index (χ3v) is 6.12. The Hall–Kier alpha value is -3.00. The lowest BCUT2D eigenvalue weighted by molar-refractivity contribution is 0.0713. The largest absolute Gasteiger partial charge is 0.445 e. The minimum Gasteiger partial charge on any atom is -0.445 e. The van der Waals surface area contributed by atoms with Gasteiger partial charge in [0.25, 0.3) is 0 Å². The molecule has 8 heteroatoms. The average molecular weight is 487 g/mol. The van der Waals surface area contributed by atoms with Gasteiger partial charge in [0.05, 0.1) is 18.7 Å². The molecule has 1 aliphatic heterocycles. The Morgan fingerprint density at radius 3 is 2.35 bits per heavy atom. The van der Waals surface area contributed by atoms with Crippen molar-refractivity contribution in [3.63, 3.8) is 0 Å². The summed E-state index contributed by atoms with van der Waals surface area (Å²) in [5.74, 6) is -1.33. The van der Waals surface area contributed by atoms with Crippen LogP contribution in [0, 0.1) is 11.6 Å². The maximum absolute atomic E-state index is 14.4. The van der Waals surface area contributed by atoms with Crippen molar-refractivity contribution in [2.24, 2.45) is 0 Å². The van der Waals surface area contributed by atoms with Gasteiger partial charge in [-0.3, -0.25) is 4.90 Å². The van der Waals surface area contributed by atoms with E-state index in [1.165, 1.54) is 23.1 Å². The fourth-order valence-corrected chi connectivity index (χ4v) is 4.35. The molecule has 2 atom stereocenters. The first-order valence-corrected chi connectivity index (χ1v) is 11.3. The molecule has 3 aromatic carbocycles. The average Bonchev–Trinajstić information content (AvgIpc) is 3.21. The van der Waals surface area contributed by atoms with E-state index in [0.29, 0.717) is 5.02 Å². The third-order valence-electron chi connectivity index (χ3n) is 5.89. The molecule has 0 aromatic heterocycles. The van der Waals surface area contributed by atoms with Crippen LogP contribution in [-0.4, -0.2) is 46.2 Å². The van der Waals surface area contributed by atoms with E-state index in [2.05, 4.69) is 0 Å². The summed E-state index contributed by atoms with van der Waals surface area (Å²) < 4.78 is 34.3. The third kappa shape index (κ3) is 5.91. The Balaban J connectivity index is 1.51. The number of hydrogen-bond donors (Lipinski definition) is 1. The number of aliphatic hydroxyl groups is 1. The van der Waals surface area contributed by atoms with Crippen LogP contribution < -0.4 is 0 Å². The summed E-state index contributed by atoms with van der Waals surface area (Å²) in [6.45, 7) is 0.529. The molecule has 0 spiro atoms. The van der Waals surface area contributed by atoms with Crippen LogP contribution in [0.1, 0.15) is 16.7 Å². The van der Waals surface area contributed by atoms with E-state index in [4.69, 9.17) is 16.3 Å². The Morgan fingerprint density at radius 2 is 1.65 bits per heavy atom. The van der Waals surface area contributed by atoms with Gasteiger partial charge in [0.2, 0.25) is 0 Å². The minimum absolute atomic E-state index is 0.0596. The highest BCUT2D eigenvalue weighted by Crippen LogP contribution is 2.25. The summed E-state index contributed by atoms with van der Waals surface area (Å²) in [4.78, 5) is 15.8. The van der Waals surface area contributed by atoms with Gasteiger partial charge in [-0.2, -0.15) is 0 Å². The fraction of sp³-hybridized carbons (Fsp3) is 0.269. The van der Waals surface area contributed by atoms with Gasteiger partial charge in [-0.05, 0) is 35.4 Å². The van der Waals surface area contributed by atoms with E-state index in [0.717, 1.165) is 11.1 Å². The van der Waals surface area contributed by atoms with Crippen LogP contribution in [0.3, 0.4) is 0 Å². The predicted molar refractivity (Wildman–Crippen MR) is 125 cm³/mol.